The van der Waals surface area contributed by atoms with Crippen molar-refractivity contribution in [3.05, 3.63) is 29.3 Å². The zero-order chi connectivity index (χ0) is 13.0. The summed E-state index contributed by atoms with van der Waals surface area (Å²) in [7, 11) is 1.89. The number of aromatic hydroxyl groups is 1. The smallest absolute Gasteiger partial charge is 0.222 e. The first-order chi connectivity index (χ1) is 8.70. The lowest BCUT2D eigenvalue weighted by Crippen LogP contribution is -2.36. The summed E-state index contributed by atoms with van der Waals surface area (Å²) in [4.78, 5) is 13.9. The summed E-state index contributed by atoms with van der Waals surface area (Å²) < 4.78 is 0. The minimum absolute atomic E-state index is 0. The summed E-state index contributed by atoms with van der Waals surface area (Å²) in [5.41, 5.74) is 2.32. The Morgan fingerprint density at radius 3 is 2.95 bits per heavy atom. The van der Waals surface area contributed by atoms with Crippen molar-refractivity contribution < 1.29 is 9.90 Å². The van der Waals surface area contributed by atoms with E-state index in [0.29, 0.717) is 13.0 Å². The van der Waals surface area contributed by atoms with E-state index < -0.39 is 0 Å². The molecule has 0 aromatic heterocycles. The van der Waals surface area contributed by atoms with Crippen LogP contribution < -0.4 is 5.32 Å². The van der Waals surface area contributed by atoms with Gasteiger partial charge in [-0.25, -0.2) is 0 Å². The van der Waals surface area contributed by atoms with Crippen LogP contribution in [0, 0.1) is 0 Å². The molecule has 0 spiro atoms. The van der Waals surface area contributed by atoms with E-state index >= 15 is 0 Å². The Morgan fingerprint density at radius 1 is 1.42 bits per heavy atom. The SMILES string of the molecule is CNCCCC(=O)N1CCc2ccc(O)cc2C1.Cl. The molecule has 2 N–H and O–H groups in total. The number of phenols is 1. The Hall–Kier alpha value is -1.26. The molecule has 0 fully saturated rings. The largest absolute Gasteiger partial charge is 0.508 e. The zero-order valence-electron chi connectivity index (χ0n) is 11.2. The fraction of sp³-hybridized carbons (Fsp3) is 0.500. The number of carbonyl (C=O) groups excluding carboxylic acids is 1. The number of halogens is 1. The molecule has 1 aromatic rings. The quantitative estimate of drug-likeness (QED) is 0.828. The minimum Gasteiger partial charge on any atom is -0.508 e. The highest BCUT2D eigenvalue weighted by atomic mass is 35.5. The van der Waals surface area contributed by atoms with Gasteiger partial charge in [-0.15, -0.1) is 12.4 Å². The Labute approximate surface area is 120 Å². The molecule has 0 atom stereocenters. The normalized spacial score (nSPS) is 13.6. The van der Waals surface area contributed by atoms with Gasteiger partial charge in [0.05, 0.1) is 0 Å². The van der Waals surface area contributed by atoms with Gasteiger partial charge in [-0.05, 0) is 49.7 Å². The molecule has 0 saturated heterocycles. The summed E-state index contributed by atoms with van der Waals surface area (Å²) in [5.74, 6) is 0.484. The van der Waals surface area contributed by atoms with E-state index in [1.54, 1.807) is 12.1 Å². The lowest BCUT2D eigenvalue weighted by molar-refractivity contribution is -0.132. The molecular weight excluding hydrogens is 264 g/mol. The second-order valence-corrected chi connectivity index (χ2v) is 4.73. The van der Waals surface area contributed by atoms with Crippen molar-refractivity contribution in [3.63, 3.8) is 0 Å². The lowest BCUT2D eigenvalue weighted by Gasteiger charge is -2.29. The standard InChI is InChI=1S/C14H20N2O2.ClH/c1-15-7-2-3-14(18)16-8-6-11-4-5-13(17)9-12(11)10-16;/h4-5,9,15,17H,2-3,6-8,10H2,1H3;1H. The number of fused-ring (bicyclic) bond motifs is 1. The van der Waals surface area contributed by atoms with Gasteiger partial charge in [0.15, 0.2) is 0 Å². The maximum Gasteiger partial charge on any atom is 0.222 e. The van der Waals surface area contributed by atoms with Crippen LogP contribution in [0.3, 0.4) is 0 Å². The van der Waals surface area contributed by atoms with Gasteiger partial charge in [0.25, 0.3) is 0 Å². The van der Waals surface area contributed by atoms with Crippen LogP contribution >= 0.6 is 12.4 Å². The van der Waals surface area contributed by atoms with Crippen molar-refractivity contribution in [2.45, 2.75) is 25.8 Å². The number of hydrogen-bond donors (Lipinski definition) is 2. The Balaban J connectivity index is 0.00000180. The highest BCUT2D eigenvalue weighted by molar-refractivity contribution is 5.85. The van der Waals surface area contributed by atoms with Crippen molar-refractivity contribution in [2.75, 3.05) is 20.1 Å². The molecule has 1 aliphatic rings. The summed E-state index contributed by atoms with van der Waals surface area (Å²) >= 11 is 0. The Morgan fingerprint density at radius 2 is 2.21 bits per heavy atom. The van der Waals surface area contributed by atoms with Gasteiger partial charge in [-0.3, -0.25) is 4.79 Å². The van der Waals surface area contributed by atoms with Crippen molar-refractivity contribution in [2.24, 2.45) is 0 Å². The minimum atomic E-state index is 0. The van der Waals surface area contributed by atoms with Gasteiger partial charge in [0.2, 0.25) is 5.91 Å². The first kappa shape index (κ1) is 15.8. The van der Waals surface area contributed by atoms with E-state index in [0.717, 1.165) is 31.5 Å². The summed E-state index contributed by atoms with van der Waals surface area (Å²) in [6, 6.07) is 5.43. The van der Waals surface area contributed by atoms with Gasteiger partial charge in [0.1, 0.15) is 5.75 Å². The number of carbonyl (C=O) groups is 1. The molecule has 1 aliphatic heterocycles. The number of phenolic OH excluding ortho intramolecular Hbond substituents is 1. The maximum absolute atomic E-state index is 12.0. The number of hydrogen-bond acceptors (Lipinski definition) is 3. The molecule has 106 valence electrons. The van der Waals surface area contributed by atoms with E-state index in [4.69, 9.17) is 0 Å². The fourth-order valence-corrected chi connectivity index (χ4v) is 2.33. The predicted molar refractivity (Wildman–Crippen MR) is 77.6 cm³/mol. The third-order valence-corrected chi connectivity index (χ3v) is 3.37. The molecule has 1 aromatic carbocycles. The van der Waals surface area contributed by atoms with Crippen LogP contribution in [0.4, 0.5) is 0 Å². The molecule has 4 nitrogen and oxygen atoms in total. The second-order valence-electron chi connectivity index (χ2n) is 4.73. The average Bonchev–Trinajstić information content (AvgIpc) is 2.38. The topological polar surface area (TPSA) is 52.6 Å². The Kier molecular flexibility index (Phi) is 6.12. The maximum atomic E-state index is 12.0. The highest BCUT2D eigenvalue weighted by Gasteiger charge is 2.20. The molecule has 0 aliphatic carbocycles. The number of nitrogens with zero attached hydrogens (tertiary/aromatic N) is 1. The highest BCUT2D eigenvalue weighted by Crippen LogP contribution is 2.23. The molecular formula is C14H21ClN2O2. The summed E-state index contributed by atoms with van der Waals surface area (Å²) in [6.07, 6.45) is 2.35. The van der Waals surface area contributed by atoms with Crippen molar-refractivity contribution in [1.82, 2.24) is 10.2 Å². The summed E-state index contributed by atoms with van der Waals surface area (Å²) in [6.45, 7) is 2.29. The Bertz CT molecular complexity index is 437. The lowest BCUT2D eigenvalue weighted by atomic mass is 9.99. The van der Waals surface area contributed by atoms with Crippen LogP contribution in [0.2, 0.25) is 0 Å². The third-order valence-electron chi connectivity index (χ3n) is 3.37. The number of rotatable bonds is 4. The molecule has 1 heterocycles. The first-order valence-corrected chi connectivity index (χ1v) is 6.44. The monoisotopic (exact) mass is 284 g/mol. The fourth-order valence-electron chi connectivity index (χ4n) is 2.33. The van der Waals surface area contributed by atoms with Crippen molar-refractivity contribution >= 4 is 18.3 Å². The number of amides is 1. The second kappa shape index (κ2) is 7.36. The van der Waals surface area contributed by atoms with Gasteiger partial charge in [0, 0.05) is 19.5 Å². The van der Waals surface area contributed by atoms with E-state index in [1.807, 2.05) is 18.0 Å². The summed E-state index contributed by atoms with van der Waals surface area (Å²) in [5, 5.41) is 12.5. The average molecular weight is 285 g/mol. The third kappa shape index (κ3) is 4.11. The molecule has 2 rings (SSSR count). The molecule has 19 heavy (non-hydrogen) atoms. The van der Waals surface area contributed by atoms with Crippen molar-refractivity contribution in [1.29, 1.82) is 0 Å². The van der Waals surface area contributed by atoms with Gasteiger partial charge in [-0.2, -0.15) is 0 Å². The van der Waals surface area contributed by atoms with Gasteiger partial charge < -0.3 is 15.3 Å². The molecule has 5 heteroatoms. The van der Waals surface area contributed by atoms with E-state index in [1.165, 1.54) is 5.56 Å². The molecule has 0 unspecified atom stereocenters. The van der Waals surface area contributed by atoms with Crippen LogP contribution in [0.25, 0.3) is 0 Å². The van der Waals surface area contributed by atoms with E-state index in [9.17, 15) is 9.90 Å². The molecule has 0 radical (unpaired) electrons. The number of benzene rings is 1. The van der Waals surface area contributed by atoms with Crippen LogP contribution in [0.1, 0.15) is 24.0 Å². The van der Waals surface area contributed by atoms with Crippen molar-refractivity contribution in [3.8, 4) is 5.75 Å². The molecule has 0 bridgehead atoms. The van der Waals surface area contributed by atoms with Crippen LogP contribution in [0.15, 0.2) is 18.2 Å². The van der Waals surface area contributed by atoms with Gasteiger partial charge >= 0.3 is 0 Å². The predicted octanol–water partition coefficient (Wildman–Crippen LogP) is 1.70. The van der Waals surface area contributed by atoms with Crippen LogP contribution in [-0.2, 0) is 17.8 Å². The molecule has 0 saturated carbocycles. The van der Waals surface area contributed by atoms with Gasteiger partial charge in [-0.1, -0.05) is 6.07 Å². The zero-order valence-corrected chi connectivity index (χ0v) is 12.0. The van der Waals surface area contributed by atoms with E-state index in [-0.39, 0.29) is 24.1 Å². The molecule has 1 amide bonds. The van der Waals surface area contributed by atoms with E-state index in [2.05, 4.69) is 5.32 Å². The first-order valence-electron chi connectivity index (χ1n) is 6.44. The number of nitrogens with one attached hydrogen (secondary N) is 1. The van der Waals surface area contributed by atoms with Crippen LogP contribution in [-0.4, -0.2) is 36.1 Å². The van der Waals surface area contributed by atoms with Crippen LogP contribution in [0.5, 0.6) is 5.75 Å².